The van der Waals surface area contributed by atoms with Gasteiger partial charge in [0.1, 0.15) is 0 Å². The van der Waals surface area contributed by atoms with Gasteiger partial charge in [-0.05, 0) is 43.8 Å². The molecule has 1 aliphatic carbocycles. The normalized spacial score (nSPS) is 22.7. The lowest BCUT2D eigenvalue weighted by molar-refractivity contribution is -0.118. The van der Waals surface area contributed by atoms with Gasteiger partial charge >= 0.3 is 0 Å². The molecule has 124 valence electrons. The lowest BCUT2D eigenvalue weighted by Crippen LogP contribution is -2.38. The second-order valence-electron chi connectivity index (χ2n) is 6.69. The average molecular weight is 306 g/mol. The minimum atomic E-state index is -0.178. The fraction of sp³-hybridized carbons (Fsp3) is 0.706. The Bertz CT molecular complexity index is 430. The number of likely N-dealkylation sites (tertiary alicyclic amines) is 1. The highest BCUT2D eigenvalue weighted by molar-refractivity contribution is 5.92. The van der Waals surface area contributed by atoms with Crippen LogP contribution in [0.15, 0.2) is 23.7 Å². The van der Waals surface area contributed by atoms with Gasteiger partial charge in [-0.15, -0.1) is 0 Å². The van der Waals surface area contributed by atoms with E-state index < -0.39 is 0 Å². The first-order chi connectivity index (χ1) is 10.6. The van der Waals surface area contributed by atoms with E-state index in [0.29, 0.717) is 5.82 Å². The molecule has 1 aliphatic heterocycles. The molecule has 1 saturated carbocycles. The molecule has 1 heterocycles. The van der Waals surface area contributed by atoms with Gasteiger partial charge in [-0.3, -0.25) is 4.79 Å². The topological polar surface area (TPSA) is 84.4 Å². The van der Waals surface area contributed by atoms with Crippen LogP contribution in [0.25, 0.3) is 0 Å². The molecule has 2 fully saturated rings. The van der Waals surface area contributed by atoms with Crippen LogP contribution < -0.4 is 16.8 Å². The zero-order chi connectivity index (χ0) is 15.9. The van der Waals surface area contributed by atoms with Crippen molar-refractivity contribution in [2.24, 2.45) is 17.4 Å². The molecule has 0 spiro atoms. The lowest BCUT2D eigenvalue weighted by Gasteiger charge is -2.31. The number of rotatable bonds is 4. The maximum Gasteiger partial charge on any atom is 0.267 e. The lowest BCUT2D eigenvalue weighted by atomic mass is 9.95. The van der Waals surface area contributed by atoms with Crippen LogP contribution >= 0.6 is 0 Å². The van der Waals surface area contributed by atoms with Crippen molar-refractivity contribution in [2.45, 2.75) is 57.9 Å². The fourth-order valence-electron chi connectivity index (χ4n) is 3.14. The number of nitrogens with one attached hydrogen (secondary N) is 1. The minimum Gasteiger partial charge on any atom is -0.394 e. The molecule has 5 N–H and O–H groups in total. The van der Waals surface area contributed by atoms with Crippen molar-refractivity contribution in [3.63, 3.8) is 0 Å². The second kappa shape index (κ2) is 8.11. The number of hydrogen-bond acceptors (Lipinski definition) is 4. The van der Waals surface area contributed by atoms with Crippen molar-refractivity contribution < 1.29 is 4.79 Å². The summed E-state index contributed by atoms with van der Waals surface area (Å²) in [5, 5.41) is 3.01. The van der Waals surface area contributed by atoms with Crippen LogP contribution in [0.3, 0.4) is 0 Å². The highest BCUT2D eigenvalue weighted by Gasteiger charge is 2.17. The van der Waals surface area contributed by atoms with Gasteiger partial charge in [-0.1, -0.05) is 26.2 Å². The summed E-state index contributed by atoms with van der Waals surface area (Å²) in [6.45, 7) is 4.22. The summed E-state index contributed by atoms with van der Waals surface area (Å²) >= 11 is 0. The largest absolute Gasteiger partial charge is 0.394 e. The predicted molar refractivity (Wildman–Crippen MR) is 89.5 cm³/mol. The van der Waals surface area contributed by atoms with E-state index in [1.165, 1.54) is 19.3 Å². The summed E-state index contributed by atoms with van der Waals surface area (Å²) in [7, 11) is 0. The maximum atomic E-state index is 12.1. The van der Waals surface area contributed by atoms with Crippen molar-refractivity contribution in [1.82, 2.24) is 10.2 Å². The third-order valence-corrected chi connectivity index (χ3v) is 4.79. The standard InChI is InChI=1S/C17H30N4O/c1-13-9-11-21(12-10-13)16(19)8-7-15(18)17(22)20-14-5-3-2-4-6-14/h7-8,13-14H,2-6,9-12,18-19H2,1H3,(H,20,22)/b15-7-,16-8+. The summed E-state index contributed by atoms with van der Waals surface area (Å²) < 4.78 is 0. The molecular formula is C17H30N4O. The van der Waals surface area contributed by atoms with Crippen LogP contribution in [-0.4, -0.2) is 29.9 Å². The molecule has 22 heavy (non-hydrogen) atoms. The second-order valence-corrected chi connectivity index (χ2v) is 6.69. The smallest absolute Gasteiger partial charge is 0.267 e. The summed E-state index contributed by atoms with van der Waals surface area (Å²) in [6, 6.07) is 0.276. The number of nitrogens with two attached hydrogens (primary N) is 2. The highest BCUT2D eigenvalue weighted by Crippen LogP contribution is 2.18. The first-order valence-corrected chi connectivity index (χ1v) is 8.55. The molecule has 0 bridgehead atoms. The molecule has 1 amide bonds. The van der Waals surface area contributed by atoms with Gasteiger partial charge < -0.3 is 21.7 Å². The van der Waals surface area contributed by atoms with Gasteiger partial charge in [0.25, 0.3) is 5.91 Å². The Morgan fingerprint density at radius 2 is 1.68 bits per heavy atom. The molecule has 0 aromatic heterocycles. The molecular weight excluding hydrogens is 276 g/mol. The van der Waals surface area contributed by atoms with Gasteiger partial charge in [0.15, 0.2) is 0 Å². The Kier molecular flexibility index (Phi) is 6.16. The van der Waals surface area contributed by atoms with Crippen LogP contribution in [0, 0.1) is 5.92 Å². The molecule has 5 nitrogen and oxygen atoms in total. The number of allylic oxidation sites excluding steroid dienone is 2. The van der Waals surface area contributed by atoms with Crippen LogP contribution in [0.2, 0.25) is 0 Å². The number of amides is 1. The third-order valence-electron chi connectivity index (χ3n) is 4.79. The molecule has 5 heteroatoms. The van der Waals surface area contributed by atoms with E-state index in [9.17, 15) is 4.79 Å². The Balaban J connectivity index is 1.84. The first kappa shape index (κ1) is 16.7. The maximum absolute atomic E-state index is 12.1. The zero-order valence-corrected chi connectivity index (χ0v) is 13.7. The van der Waals surface area contributed by atoms with E-state index in [4.69, 9.17) is 11.5 Å². The molecule has 0 radical (unpaired) electrons. The number of carbonyl (C=O) groups is 1. The van der Waals surface area contributed by atoms with Crippen molar-refractivity contribution in [3.8, 4) is 0 Å². The van der Waals surface area contributed by atoms with Crippen LogP contribution in [-0.2, 0) is 4.79 Å². The minimum absolute atomic E-state index is 0.178. The van der Waals surface area contributed by atoms with Gasteiger partial charge in [0.05, 0.1) is 11.5 Å². The van der Waals surface area contributed by atoms with E-state index in [1.54, 1.807) is 12.2 Å². The average Bonchev–Trinajstić information content (AvgIpc) is 2.53. The van der Waals surface area contributed by atoms with E-state index in [2.05, 4.69) is 17.1 Å². The van der Waals surface area contributed by atoms with Crippen molar-refractivity contribution >= 4 is 5.91 Å². The summed E-state index contributed by atoms with van der Waals surface area (Å²) in [5.74, 6) is 1.29. The van der Waals surface area contributed by atoms with Crippen LogP contribution in [0.5, 0.6) is 0 Å². The quantitative estimate of drug-likeness (QED) is 0.546. The summed E-state index contributed by atoms with van der Waals surface area (Å²) in [6.07, 6.45) is 11.5. The predicted octanol–water partition coefficient (Wildman–Crippen LogP) is 1.81. The number of nitrogens with zero attached hydrogens (tertiary/aromatic N) is 1. The Morgan fingerprint density at radius 3 is 2.32 bits per heavy atom. The Hall–Kier alpha value is -1.65. The summed E-state index contributed by atoms with van der Waals surface area (Å²) in [4.78, 5) is 14.2. The van der Waals surface area contributed by atoms with Crippen molar-refractivity contribution in [1.29, 1.82) is 0 Å². The van der Waals surface area contributed by atoms with Gasteiger partial charge in [-0.25, -0.2) is 0 Å². The highest BCUT2D eigenvalue weighted by atomic mass is 16.2. The Labute approximate surface area is 133 Å². The SMILES string of the molecule is CC1CCN(/C(N)=C/C=C(\N)C(=O)NC2CCCCC2)CC1. The van der Waals surface area contributed by atoms with E-state index in [1.807, 2.05) is 0 Å². The Morgan fingerprint density at radius 1 is 1.05 bits per heavy atom. The van der Waals surface area contributed by atoms with Gasteiger partial charge in [-0.2, -0.15) is 0 Å². The van der Waals surface area contributed by atoms with Crippen molar-refractivity contribution in [2.75, 3.05) is 13.1 Å². The molecule has 2 rings (SSSR count). The number of hydrogen-bond donors (Lipinski definition) is 3. The van der Waals surface area contributed by atoms with Crippen molar-refractivity contribution in [3.05, 3.63) is 23.7 Å². The molecule has 2 aliphatic rings. The molecule has 0 aromatic carbocycles. The van der Waals surface area contributed by atoms with Crippen LogP contribution in [0.1, 0.15) is 51.9 Å². The third kappa shape index (κ3) is 4.97. The van der Waals surface area contributed by atoms with E-state index in [-0.39, 0.29) is 17.6 Å². The van der Waals surface area contributed by atoms with Gasteiger partial charge in [0, 0.05) is 19.1 Å². The van der Waals surface area contributed by atoms with E-state index in [0.717, 1.165) is 44.7 Å². The monoisotopic (exact) mass is 306 g/mol. The van der Waals surface area contributed by atoms with Gasteiger partial charge in [0.2, 0.25) is 0 Å². The number of carbonyl (C=O) groups excluding carboxylic acids is 1. The number of piperidine rings is 1. The van der Waals surface area contributed by atoms with E-state index >= 15 is 0 Å². The fourth-order valence-corrected chi connectivity index (χ4v) is 3.14. The molecule has 1 saturated heterocycles. The molecule has 0 unspecified atom stereocenters. The molecule has 0 atom stereocenters. The summed E-state index contributed by atoms with van der Waals surface area (Å²) in [5.41, 5.74) is 12.2. The molecule has 0 aromatic rings. The zero-order valence-electron chi connectivity index (χ0n) is 13.7. The first-order valence-electron chi connectivity index (χ1n) is 8.55. The van der Waals surface area contributed by atoms with Crippen LogP contribution in [0.4, 0.5) is 0 Å².